The molecule has 152 valence electrons. The molecular formula is C23H21N3O4. The molecule has 0 radical (unpaired) electrons. The summed E-state index contributed by atoms with van der Waals surface area (Å²) in [5, 5.41) is 14.6. The first-order chi connectivity index (χ1) is 14.5. The van der Waals surface area contributed by atoms with Gasteiger partial charge in [-0.15, -0.1) is 0 Å². The van der Waals surface area contributed by atoms with Gasteiger partial charge in [-0.05, 0) is 35.7 Å². The van der Waals surface area contributed by atoms with Crippen molar-refractivity contribution in [1.29, 1.82) is 0 Å². The summed E-state index contributed by atoms with van der Waals surface area (Å²) in [4.78, 5) is 22.2. The predicted octanol–water partition coefficient (Wildman–Crippen LogP) is 4.18. The van der Waals surface area contributed by atoms with Crippen LogP contribution >= 0.6 is 0 Å². The predicted molar refractivity (Wildman–Crippen MR) is 114 cm³/mol. The van der Waals surface area contributed by atoms with Gasteiger partial charge >= 0.3 is 0 Å². The zero-order chi connectivity index (χ0) is 21.3. The highest BCUT2D eigenvalue weighted by atomic mass is 16.6. The molecule has 0 heterocycles. The van der Waals surface area contributed by atoms with Crippen molar-refractivity contribution in [3.8, 4) is 5.75 Å². The van der Waals surface area contributed by atoms with Crippen molar-refractivity contribution in [1.82, 2.24) is 5.43 Å². The monoisotopic (exact) mass is 403 g/mol. The Kier molecular flexibility index (Phi) is 6.89. The second kappa shape index (κ2) is 9.97. The summed E-state index contributed by atoms with van der Waals surface area (Å²) in [7, 11) is 0. The van der Waals surface area contributed by atoms with Crippen LogP contribution in [0, 0.1) is 17.0 Å². The standard InChI is InChI=1S/C23H21N3O4/c1-17-5-7-19(8-6-17)16-30-22-4-2-3-20(13-22)15-24-25-23(27)14-18-9-11-21(12-10-18)26(28)29/h2-13,15H,14,16H2,1H3,(H,25,27)/b24-15-. The van der Waals surface area contributed by atoms with E-state index in [1.165, 1.54) is 23.9 Å². The maximum atomic E-state index is 12.0. The molecule has 0 aromatic heterocycles. The van der Waals surface area contributed by atoms with Crippen molar-refractivity contribution in [2.75, 3.05) is 0 Å². The highest BCUT2D eigenvalue weighted by Crippen LogP contribution is 2.15. The molecule has 0 atom stereocenters. The molecule has 0 aliphatic heterocycles. The number of ether oxygens (including phenoxy) is 1. The van der Waals surface area contributed by atoms with Gasteiger partial charge in [-0.25, -0.2) is 5.43 Å². The van der Waals surface area contributed by atoms with Crippen LogP contribution in [-0.4, -0.2) is 17.0 Å². The first-order valence-corrected chi connectivity index (χ1v) is 9.33. The molecule has 7 nitrogen and oxygen atoms in total. The van der Waals surface area contributed by atoms with E-state index in [0.29, 0.717) is 17.9 Å². The average molecular weight is 403 g/mol. The third kappa shape index (κ3) is 6.27. The molecule has 0 aliphatic carbocycles. The van der Waals surface area contributed by atoms with Crippen LogP contribution in [0.1, 0.15) is 22.3 Å². The van der Waals surface area contributed by atoms with Crippen molar-refractivity contribution in [3.05, 3.63) is 105 Å². The zero-order valence-corrected chi connectivity index (χ0v) is 16.4. The lowest BCUT2D eigenvalue weighted by Crippen LogP contribution is -2.19. The Balaban J connectivity index is 1.50. The molecule has 0 bridgehead atoms. The summed E-state index contributed by atoms with van der Waals surface area (Å²) in [6.45, 7) is 2.50. The molecule has 0 saturated carbocycles. The van der Waals surface area contributed by atoms with Gasteiger partial charge in [0.2, 0.25) is 5.91 Å². The van der Waals surface area contributed by atoms with E-state index in [1.54, 1.807) is 12.1 Å². The van der Waals surface area contributed by atoms with E-state index in [0.717, 1.165) is 11.1 Å². The smallest absolute Gasteiger partial charge is 0.269 e. The fourth-order valence-electron chi connectivity index (χ4n) is 2.67. The first-order valence-electron chi connectivity index (χ1n) is 9.33. The fourth-order valence-corrected chi connectivity index (χ4v) is 2.67. The SMILES string of the molecule is Cc1ccc(COc2cccc(/C=N\NC(=O)Cc3ccc([N+](=O)[O-])cc3)c2)cc1. The number of hydrogen-bond donors (Lipinski definition) is 1. The van der Waals surface area contributed by atoms with Gasteiger partial charge in [0, 0.05) is 12.1 Å². The number of carbonyl (C=O) groups excluding carboxylic acids is 1. The van der Waals surface area contributed by atoms with Crippen molar-refractivity contribution in [2.45, 2.75) is 20.0 Å². The van der Waals surface area contributed by atoms with Crippen LogP contribution in [-0.2, 0) is 17.8 Å². The molecule has 3 aromatic rings. The van der Waals surface area contributed by atoms with Crippen molar-refractivity contribution < 1.29 is 14.5 Å². The lowest BCUT2D eigenvalue weighted by Gasteiger charge is -2.07. The largest absolute Gasteiger partial charge is 0.489 e. The van der Waals surface area contributed by atoms with Crippen LogP contribution < -0.4 is 10.2 Å². The lowest BCUT2D eigenvalue weighted by atomic mass is 10.1. The molecule has 1 amide bonds. The Labute approximate surface area is 174 Å². The lowest BCUT2D eigenvalue weighted by molar-refractivity contribution is -0.384. The molecule has 0 saturated heterocycles. The van der Waals surface area contributed by atoms with Crippen LogP contribution in [0.3, 0.4) is 0 Å². The molecule has 30 heavy (non-hydrogen) atoms. The third-order valence-electron chi connectivity index (χ3n) is 4.30. The van der Waals surface area contributed by atoms with Gasteiger partial charge in [0.1, 0.15) is 12.4 Å². The number of hydrazone groups is 1. The number of nitrogens with one attached hydrogen (secondary N) is 1. The van der Waals surface area contributed by atoms with Crippen LogP contribution in [0.25, 0.3) is 0 Å². The van der Waals surface area contributed by atoms with E-state index in [9.17, 15) is 14.9 Å². The van der Waals surface area contributed by atoms with E-state index in [1.807, 2.05) is 55.5 Å². The normalized spacial score (nSPS) is 10.7. The van der Waals surface area contributed by atoms with Gasteiger partial charge in [0.15, 0.2) is 0 Å². The zero-order valence-electron chi connectivity index (χ0n) is 16.4. The van der Waals surface area contributed by atoms with Gasteiger partial charge in [-0.3, -0.25) is 14.9 Å². The molecule has 0 unspecified atom stereocenters. The quantitative estimate of drug-likeness (QED) is 0.347. The van der Waals surface area contributed by atoms with Crippen LogP contribution in [0.15, 0.2) is 77.9 Å². The number of aryl methyl sites for hydroxylation is 1. The summed E-state index contributed by atoms with van der Waals surface area (Å²) in [6.07, 6.45) is 1.61. The van der Waals surface area contributed by atoms with Gasteiger partial charge < -0.3 is 4.74 Å². The molecule has 0 spiro atoms. The maximum Gasteiger partial charge on any atom is 0.269 e. The maximum absolute atomic E-state index is 12.0. The van der Waals surface area contributed by atoms with Crippen LogP contribution in [0.5, 0.6) is 5.75 Å². The van der Waals surface area contributed by atoms with Gasteiger partial charge in [0.25, 0.3) is 5.69 Å². The number of rotatable bonds is 8. The number of hydrogen-bond acceptors (Lipinski definition) is 5. The van der Waals surface area contributed by atoms with Crippen LogP contribution in [0.2, 0.25) is 0 Å². The Morgan fingerprint density at radius 3 is 2.47 bits per heavy atom. The van der Waals surface area contributed by atoms with Gasteiger partial charge in [0.05, 0.1) is 17.6 Å². The molecule has 0 fully saturated rings. The molecule has 1 N–H and O–H groups in total. The Hall–Kier alpha value is -4.00. The number of benzene rings is 3. The molecule has 3 aromatic carbocycles. The van der Waals surface area contributed by atoms with Gasteiger partial charge in [-0.1, -0.05) is 54.1 Å². The summed E-state index contributed by atoms with van der Waals surface area (Å²) in [5.74, 6) is 0.392. The fraction of sp³-hybridized carbons (Fsp3) is 0.130. The first kappa shape index (κ1) is 20.7. The number of carbonyl (C=O) groups is 1. The molecule has 3 rings (SSSR count). The summed E-state index contributed by atoms with van der Waals surface area (Å²) >= 11 is 0. The number of nitrogens with zero attached hydrogens (tertiary/aromatic N) is 2. The van der Waals surface area contributed by atoms with E-state index >= 15 is 0 Å². The number of nitro groups is 1. The third-order valence-corrected chi connectivity index (χ3v) is 4.30. The number of non-ortho nitro benzene ring substituents is 1. The van der Waals surface area contributed by atoms with E-state index < -0.39 is 4.92 Å². The summed E-state index contributed by atoms with van der Waals surface area (Å²) < 4.78 is 5.81. The highest BCUT2D eigenvalue weighted by Gasteiger charge is 2.06. The van der Waals surface area contributed by atoms with E-state index in [-0.39, 0.29) is 18.0 Å². The number of amides is 1. The van der Waals surface area contributed by atoms with Crippen molar-refractivity contribution in [3.63, 3.8) is 0 Å². The Bertz CT molecular complexity index is 1040. The molecular weight excluding hydrogens is 382 g/mol. The Morgan fingerprint density at radius 1 is 1.07 bits per heavy atom. The molecule has 0 aliphatic rings. The topological polar surface area (TPSA) is 93.8 Å². The van der Waals surface area contributed by atoms with E-state index in [2.05, 4.69) is 10.5 Å². The van der Waals surface area contributed by atoms with Crippen molar-refractivity contribution >= 4 is 17.8 Å². The number of nitro benzene ring substituents is 1. The van der Waals surface area contributed by atoms with Crippen LogP contribution in [0.4, 0.5) is 5.69 Å². The minimum Gasteiger partial charge on any atom is -0.489 e. The highest BCUT2D eigenvalue weighted by molar-refractivity contribution is 5.83. The minimum absolute atomic E-state index is 0.0124. The second-order valence-electron chi connectivity index (χ2n) is 6.74. The summed E-state index contributed by atoms with van der Waals surface area (Å²) in [6, 6.07) is 21.4. The van der Waals surface area contributed by atoms with Gasteiger partial charge in [-0.2, -0.15) is 5.10 Å². The van der Waals surface area contributed by atoms with E-state index in [4.69, 9.17) is 4.74 Å². The Morgan fingerprint density at radius 2 is 1.77 bits per heavy atom. The minimum atomic E-state index is -0.479. The van der Waals surface area contributed by atoms with Crippen molar-refractivity contribution in [2.24, 2.45) is 5.10 Å². The summed E-state index contributed by atoms with van der Waals surface area (Å²) in [5.41, 5.74) is 6.18. The molecule has 7 heteroatoms. The second-order valence-corrected chi connectivity index (χ2v) is 6.74. The average Bonchev–Trinajstić information content (AvgIpc) is 2.74.